The van der Waals surface area contributed by atoms with Crippen LogP contribution in [-0.2, 0) is 0 Å². The minimum Gasteiger partial charge on any atom is -0.393 e. The van der Waals surface area contributed by atoms with Gasteiger partial charge in [0.05, 0.1) is 18.3 Å². The zero-order valence-electron chi connectivity index (χ0n) is 7.50. The summed E-state index contributed by atoms with van der Waals surface area (Å²) in [5, 5.41) is 29.2. The van der Waals surface area contributed by atoms with Crippen molar-refractivity contribution < 1.29 is 15.3 Å². The van der Waals surface area contributed by atoms with Crippen LogP contribution < -0.4 is 0 Å². The third-order valence-electron chi connectivity index (χ3n) is 4.47. The van der Waals surface area contributed by atoms with E-state index in [9.17, 15) is 15.3 Å². The maximum Gasteiger partial charge on any atom is 0.0599 e. The van der Waals surface area contributed by atoms with Crippen LogP contribution in [0.5, 0.6) is 0 Å². The van der Waals surface area contributed by atoms with Gasteiger partial charge >= 0.3 is 0 Å². The molecular weight excluding hydrogens is 168 g/mol. The van der Waals surface area contributed by atoms with Crippen molar-refractivity contribution >= 4 is 0 Å². The van der Waals surface area contributed by atoms with E-state index in [1.807, 2.05) is 0 Å². The molecule has 0 aliphatic heterocycles. The highest BCUT2D eigenvalue weighted by atomic mass is 16.3. The maximum absolute atomic E-state index is 9.74. The van der Waals surface area contributed by atoms with E-state index in [1.165, 1.54) is 0 Å². The van der Waals surface area contributed by atoms with Crippen molar-refractivity contribution in [3.05, 3.63) is 0 Å². The standard InChI is InChI=1S/C10H16O3/c11-6-1-4-2-7(12)10-8(13)3-5(6)9(4)10/h4-13H,1-3H2/t4-,5-,6-,7+,8+,9+,10-/m0/s1. The lowest BCUT2D eigenvalue weighted by Crippen LogP contribution is -2.25. The van der Waals surface area contributed by atoms with Crippen molar-refractivity contribution in [1.82, 2.24) is 0 Å². The molecule has 0 spiro atoms. The van der Waals surface area contributed by atoms with Crippen molar-refractivity contribution in [1.29, 1.82) is 0 Å². The van der Waals surface area contributed by atoms with Gasteiger partial charge in [0.15, 0.2) is 0 Å². The average Bonchev–Trinajstić information content (AvgIpc) is 2.60. The second-order valence-electron chi connectivity index (χ2n) is 4.99. The van der Waals surface area contributed by atoms with Crippen LogP contribution in [0.4, 0.5) is 0 Å². The number of hydrogen-bond acceptors (Lipinski definition) is 3. The van der Waals surface area contributed by atoms with Gasteiger partial charge in [-0.2, -0.15) is 0 Å². The van der Waals surface area contributed by atoms with E-state index in [-0.39, 0.29) is 30.1 Å². The van der Waals surface area contributed by atoms with E-state index in [4.69, 9.17) is 0 Å². The van der Waals surface area contributed by atoms with Crippen LogP contribution in [0, 0.1) is 23.7 Å². The fourth-order valence-corrected chi connectivity index (χ4v) is 4.09. The van der Waals surface area contributed by atoms with Gasteiger partial charge in [0.2, 0.25) is 0 Å². The predicted octanol–water partition coefficient (Wildman–Crippen LogP) is -0.255. The molecule has 0 aromatic rings. The van der Waals surface area contributed by atoms with Crippen molar-refractivity contribution in [2.45, 2.75) is 37.6 Å². The zero-order valence-corrected chi connectivity index (χ0v) is 7.50. The quantitative estimate of drug-likeness (QED) is 0.486. The molecule has 0 radical (unpaired) electrons. The SMILES string of the molecule is O[C@@H]1C[C@@H]2C[C@H](O)[C@@H]3C[C@@H](O)[C@H]1[C@H]23. The van der Waals surface area contributed by atoms with Gasteiger partial charge in [-0.05, 0) is 37.0 Å². The molecule has 3 rings (SSSR count). The van der Waals surface area contributed by atoms with E-state index >= 15 is 0 Å². The van der Waals surface area contributed by atoms with E-state index in [0.717, 1.165) is 12.8 Å². The van der Waals surface area contributed by atoms with Crippen LogP contribution in [0.3, 0.4) is 0 Å². The smallest absolute Gasteiger partial charge is 0.0599 e. The van der Waals surface area contributed by atoms with Crippen LogP contribution in [-0.4, -0.2) is 33.6 Å². The molecule has 0 amide bonds. The molecule has 0 heterocycles. The van der Waals surface area contributed by atoms with Gasteiger partial charge < -0.3 is 15.3 Å². The minimum atomic E-state index is -0.370. The molecule has 74 valence electrons. The summed E-state index contributed by atoms with van der Waals surface area (Å²) in [7, 11) is 0. The summed E-state index contributed by atoms with van der Waals surface area (Å²) >= 11 is 0. The van der Waals surface area contributed by atoms with Gasteiger partial charge in [0, 0.05) is 5.92 Å². The van der Waals surface area contributed by atoms with Gasteiger partial charge in [-0.25, -0.2) is 0 Å². The number of hydrogen-bond donors (Lipinski definition) is 3. The molecule has 0 saturated heterocycles. The molecule has 3 aliphatic carbocycles. The van der Waals surface area contributed by atoms with Gasteiger partial charge in [0.25, 0.3) is 0 Å². The Balaban J connectivity index is 1.94. The second kappa shape index (κ2) is 2.47. The van der Waals surface area contributed by atoms with Crippen LogP contribution >= 0.6 is 0 Å². The monoisotopic (exact) mass is 184 g/mol. The molecule has 0 aromatic carbocycles. The first kappa shape index (κ1) is 8.21. The van der Waals surface area contributed by atoms with E-state index < -0.39 is 0 Å². The summed E-state index contributed by atoms with van der Waals surface area (Å²) in [4.78, 5) is 0. The van der Waals surface area contributed by atoms with Crippen molar-refractivity contribution in [2.75, 3.05) is 0 Å². The highest BCUT2D eigenvalue weighted by molar-refractivity contribution is 5.09. The Kier molecular flexibility index (Phi) is 1.56. The Morgan fingerprint density at radius 2 is 1.31 bits per heavy atom. The lowest BCUT2D eigenvalue weighted by Gasteiger charge is -2.17. The lowest BCUT2D eigenvalue weighted by atomic mass is 9.91. The fraction of sp³-hybridized carbons (Fsp3) is 1.00. The van der Waals surface area contributed by atoms with E-state index in [0.29, 0.717) is 18.3 Å². The largest absolute Gasteiger partial charge is 0.393 e. The molecule has 3 aliphatic rings. The molecule has 0 bridgehead atoms. The molecule has 3 fully saturated rings. The summed E-state index contributed by atoms with van der Waals surface area (Å²) in [6.07, 6.45) is 1.43. The highest BCUT2D eigenvalue weighted by Crippen LogP contribution is 2.58. The third kappa shape index (κ3) is 0.901. The molecule has 3 nitrogen and oxygen atoms in total. The summed E-state index contributed by atoms with van der Waals surface area (Å²) in [6, 6.07) is 0. The summed E-state index contributed by atoms with van der Waals surface area (Å²) in [5.41, 5.74) is 0. The molecule has 7 atom stereocenters. The van der Waals surface area contributed by atoms with Crippen molar-refractivity contribution in [2.24, 2.45) is 23.7 Å². The van der Waals surface area contributed by atoms with Crippen LogP contribution in [0.2, 0.25) is 0 Å². The molecule has 3 N–H and O–H groups in total. The minimum absolute atomic E-state index is 0.0622. The number of aliphatic hydroxyl groups is 3. The van der Waals surface area contributed by atoms with Crippen molar-refractivity contribution in [3.8, 4) is 0 Å². The van der Waals surface area contributed by atoms with E-state index in [1.54, 1.807) is 0 Å². The molecule has 0 unspecified atom stereocenters. The summed E-state index contributed by atoms with van der Waals surface area (Å²) in [5.74, 6) is 1.20. The second-order valence-corrected chi connectivity index (χ2v) is 4.99. The Bertz CT molecular complexity index is 230. The van der Waals surface area contributed by atoms with Crippen molar-refractivity contribution in [3.63, 3.8) is 0 Å². The third-order valence-corrected chi connectivity index (χ3v) is 4.47. The average molecular weight is 184 g/mol. The Morgan fingerprint density at radius 3 is 2.08 bits per heavy atom. The number of aliphatic hydroxyl groups excluding tert-OH is 3. The number of rotatable bonds is 0. The first-order valence-electron chi connectivity index (χ1n) is 5.22. The lowest BCUT2D eigenvalue weighted by molar-refractivity contribution is 0.0401. The molecule has 0 aromatic heterocycles. The topological polar surface area (TPSA) is 60.7 Å². The summed E-state index contributed by atoms with van der Waals surface area (Å²) < 4.78 is 0. The normalized spacial score (nSPS) is 64.4. The Morgan fingerprint density at radius 1 is 0.692 bits per heavy atom. The van der Waals surface area contributed by atoms with Crippen LogP contribution in [0.15, 0.2) is 0 Å². The predicted molar refractivity (Wildman–Crippen MR) is 45.8 cm³/mol. The molecular formula is C10H16O3. The van der Waals surface area contributed by atoms with Crippen LogP contribution in [0.25, 0.3) is 0 Å². The van der Waals surface area contributed by atoms with Gasteiger partial charge in [-0.15, -0.1) is 0 Å². The van der Waals surface area contributed by atoms with Gasteiger partial charge in [-0.3, -0.25) is 0 Å². The summed E-state index contributed by atoms with van der Waals surface area (Å²) in [6.45, 7) is 0. The van der Waals surface area contributed by atoms with Crippen LogP contribution in [0.1, 0.15) is 19.3 Å². The molecule has 13 heavy (non-hydrogen) atoms. The fourth-order valence-electron chi connectivity index (χ4n) is 4.09. The Labute approximate surface area is 77.4 Å². The highest BCUT2D eigenvalue weighted by Gasteiger charge is 2.59. The van der Waals surface area contributed by atoms with E-state index in [2.05, 4.69) is 0 Å². The first-order chi connectivity index (χ1) is 6.18. The maximum atomic E-state index is 9.74. The Hall–Kier alpha value is -0.120. The van der Waals surface area contributed by atoms with Gasteiger partial charge in [0.1, 0.15) is 0 Å². The zero-order chi connectivity index (χ0) is 9.16. The van der Waals surface area contributed by atoms with Gasteiger partial charge in [-0.1, -0.05) is 0 Å². The molecule has 3 heteroatoms. The molecule has 3 saturated carbocycles. The first-order valence-corrected chi connectivity index (χ1v) is 5.22.